The smallest absolute Gasteiger partial charge is 0.244 e. The lowest BCUT2D eigenvalue weighted by Crippen LogP contribution is -2.55. The minimum Gasteiger partial charge on any atom is -0.398 e. The van der Waals surface area contributed by atoms with Crippen LogP contribution in [-0.4, -0.2) is 37.8 Å². The number of piperazine rings is 1. The first kappa shape index (κ1) is 15.8. The van der Waals surface area contributed by atoms with Crippen molar-refractivity contribution in [1.29, 1.82) is 0 Å². The van der Waals surface area contributed by atoms with Gasteiger partial charge in [-0.2, -0.15) is 4.31 Å². The van der Waals surface area contributed by atoms with Crippen LogP contribution in [0.4, 0.5) is 5.69 Å². The first-order valence-corrected chi connectivity index (χ1v) is 8.27. The molecule has 21 heavy (non-hydrogen) atoms. The molecule has 1 aliphatic heterocycles. The number of aryl methyl sites for hydroxylation is 1. The second-order valence-corrected chi connectivity index (χ2v) is 7.27. The molecule has 6 nitrogen and oxygen atoms in total. The summed E-state index contributed by atoms with van der Waals surface area (Å²) in [6, 6.07) is 1.06. The van der Waals surface area contributed by atoms with Gasteiger partial charge in [-0.05, 0) is 50.5 Å². The molecule has 3 N–H and O–H groups in total. The first-order chi connectivity index (χ1) is 9.67. The molecule has 7 heteroatoms. The van der Waals surface area contributed by atoms with Crippen molar-refractivity contribution in [3.05, 3.63) is 22.8 Å². The molecular weight excluding hydrogens is 290 g/mol. The van der Waals surface area contributed by atoms with Crippen molar-refractivity contribution in [2.45, 2.75) is 38.6 Å². The van der Waals surface area contributed by atoms with Gasteiger partial charge in [-0.15, -0.1) is 0 Å². The van der Waals surface area contributed by atoms with E-state index in [-0.39, 0.29) is 17.3 Å². The van der Waals surface area contributed by atoms with Crippen LogP contribution in [0, 0.1) is 20.8 Å². The van der Waals surface area contributed by atoms with E-state index in [1.807, 2.05) is 6.92 Å². The van der Waals surface area contributed by atoms with Crippen LogP contribution >= 0.6 is 0 Å². The summed E-state index contributed by atoms with van der Waals surface area (Å²) in [7, 11) is -3.76. The Labute approximate surface area is 125 Å². The zero-order valence-electron chi connectivity index (χ0n) is 12.7. The fourth-order valence-corrected chi connectivity index (χ4v) is 4.77. The summed E-state index contributed by atoms with van der Waals surface area (Å²) in [6.07, 6.45) is 0. The van der Waals surface area contributed by atoms with Gasteiger partial charge >= 0.3 is 0 Å². The number of nitrogens with two attached hydrogens (primary N) is 1. The number of carbonyl (C=O) groups is 1. The van der Waals surface area contributed by atoms with Gasteiger partial charge < -0.3 is 11.1 Å². The number of carbonyl (C=O) groups excluding carboxylic acids is 1. The van der Waals surface area contributed by atoms with Crippen molar-refractivity contribution in [1.82, 2.24) is 9.62 Å². The number of sulfonamides is 1. The molecule has 0 saturated carbocycles. The molecule has 1 aromatic rings. The lowest BCUT2D eigenvalue weighted by atomic mass is 10.1. The summed E-state index contributed by atoms with van der Waals surface area (Å²) >= 11 is 0. The van der Waals surface area contributed by atoms with E-state index in [9.17, 15) is 13.2 Å². The maximum atomic E-state index is 13.0. The van der Waals surface area contributed by atoms with Crippen LogP contribution in [0.5, 0.6) is 0 Å². The summed E-state index contributed by atoms with van der Waals surface area (Å²) in [5.41, 5.74) is 8.41. The van der Waals surface area contributed by atoms with E-state index >= 15 is 0 Å². The molecule has 1 unspecified atom stereocenters. The zero-order valence-corrected chi connectivity index (χ0v) is 13.5. The first-order valence-electron chi connectivity index (χ1n) is 6.83. The lowest BCUT2D eigenvalue weighted by molar-refractivity contribution is -0.126. The molecule has 116 valence electrons. The van der Waals surface area contributed by atoms with Crippen molar-refractivity contribution >= 4 is 21.6 Å². The number of rotatable bonds is 2. The average Bonchev–Trinajstić information content (AvgIpc) is 2.39. The van der Waals surface area contributed by atoms with Gasteiger partial charge in [0, 0.05) is 18.8 Å². The second kappa shape index (κ2) is 5.31. The molecule has 1 amide bonds. The highest BCUT2D eigenvalue weighted by atomic mass is 32.2. The van der Waals surface area contributed by atoms with Crippen molar-refractivity contribution in [2.75, 3.05) is 18.8 Å². The summed E-state index contributed by atoms with van der Waals surface area (Å²) in [4.78, 5) is 12.0. The highest BCUT2D eigenvalue weighted by Gasteiger charge is 2.37. The zero-order chi connectivity index (χ0) is 15.9. The van der Waals surface area contributed by atoms with Crippen LogP contribution < -0.4 is 11.1 Å². The molecular formula is C14H21N3O3S. The van der Waals surface area contributed by atoms with E-state index in [2.05, 4.69) is 5.32 Å². The molecule has 0 radical (unpaired) electrons. The maximum Gasteiger partial charge on any atom is 0.244 e. The normalized spacial score (nSPS) is 20.4. The Morgan fingerprint density at radius 2 is 1.90 bits per heavy atom. The van der Waals surface area contributed by atoms with E-state index in [1.54, 1.807) is 26.8 Å². The number of nitrogens with one attached hydrogen (secondary N) is 1. The fraction of sp³-hybridized carbons (Fsp3) is 0.500. The molecule has 2 rings (SSSR count). The van der Waals surface area contributed by atoms with E-state index in [1.165, 1.54) is 4.31 Å². The van der Waals surface area contributed by atoms with E-state index in [4.69, 9.17) is 5.73 Å². The Balaban J connectivity index is 2.62. The third-order valence-corrected chi connectivity index (χ3v) is 6.33. The van der Waals surface area contributed by atoms with Crippen molar-refractivity contribution < 1.29 is 13.2 Å². The van der Waals surface area contributed by atoms with Gasteiger partial charge in [0.05, 0.1) is 4.90 Å². The Morgan fingerprint density at radius 1 is 1.29 bits per heavy atom. The fourth-order valence-electron chi connectivity index (χ4n) is 2.64. The van der Waals surface area contributed by atoms with Gasteiger partial charge in [-0.1, -0.05) is 0 Å². The molecule has 0 bridgehead atoms. The van der Waals surface area contributed by atoms with Crippen molar-refractivity contribution in [2.24, 2.45) is 0 Å². The Kier molecular flexibility index (Phi) is 3.99. The highest BCUT2D eigenvalue weighted by molar-refractivity contribution is 7.89. The predicted octanol–water partition coefficient (Wildman–Crippen LogP) is 0.703. The number of nitrogens with zero attached hydrogens (tertiary/aromatic N) is 1. The summed E-state index contributed by atoms with van der Waals surface area (Å²) < 4.78 is 27.2. The van der Waals surface area contributed by atoms with Crippen LogP contribution in [-0.2, 0) is 14.8 Å². The standard InChI is InChI=1S/C14H21N3O3S/c1-8-7-12(15)10(3)13(9(8)2)21(19,20)17-6-5-16-14(18)11(17)4/h7,11H,5-6,15H2,1-4H3,(H,16,18). The van der Waals surface area contributed by atoms with Gasteiger partial charge in [-0.25, -0.2) is 8.42 Å². The molecule has 0 aromatic heterocycles. The second-order valence-electron chi connectivity index (χ2n) is 5.44. The Morgan fingerprint density at radius 3 is 2.52 bits per heavy atom. The summed E-state index contributed by atoms with van der Waals surface area (Å²) in [6.45, 7) is 7.48. The number of amides is 1. The summed E-state index contributed by atoms with van der Waals surface area (Å²) in [5, 5.41) is 2.67. The van der Waals surface area contributed by atoms with Crippen molar-refractivity contribution in [3.63, 3.8) is 0 Å². The quantitative estimate of drug-likeness (QED) is 0.787. The largest absolute Gasteiger partial charge is 0.398 e. The average molecular weight is 311 g/mol. The molecule has 0 aliphatic carbocycles. The van der Waals surface area contributed by atoms with Gasteiger partial charge in [0.2, 0.25) is 15.9 Å². The molecule has 1 atom stereocenters. The number of benzene rings is 1. The van der Waals surface area contributed by atoms with Crippen molar-refractivity contribution in [3.8, 4) is 0 Å². The van der Waals surface area contributed by atoms with Gasteiger partial charge in [-0.3, -0.25) is 4.79 Å². The Hall–Kier alpha value is -1.60. The number of anilines is 1. The monoisotopic (exact) mass is 311 g/mol. The molecule has 1 aromatic carbocycles. The van der Waals surface area contributed by atoms with Crippen LogP contribution in [0.2, 0.25) is 0 Å². The van der Waals surface area contributed by atoms with Crippen LogP contribution in [0.3, 0.4) is 0 Å². The molecule has 1 heterocycles. The molecule has 0 spiro atoms. The van der Waals surface area contributed by atoms with E-state index in [0.29, 0.717) is 23.4 Å². The SMILES string of the molecule is Cc1cc(N)c(C)c(S(=O)(=O)N2CCNC(=O)C2C)c1C. The molecule has 1 saturated heterocycles. The Bertz CT molecular complexity index is 672. The summed E-state index contributed by atoms with van der Waals surface area (Å²) in [5.74, 6) is -0.277. The minimum atomic E-state index is -3.76. The lowest BCUT2D eigenvalue weighted by Gasteiger charge is -2.33. The van der Waals surface area contributed by atoms with E-state index < -0.39 is 16.1 Å². The van der Waals surface area contributed by atoms with Gasteiger partial charge in [0.25, 0.3) is 0 Å². The van der Waals surface area contributed by atoms with E-state index in [0.717, 1.165) is 5.56 Å². The van der Waals surface area contributed by atoms with Crippen LogP contribution in [0.25, 0.3) is 0 Å². The van der Waals surface area contributed by atoms with Crippen LogP contribution in [0.1, 0.15) is 23.6 Å². The third-order valence-electron chi connectivity index (χ3n) is 4.09. The predicted molar refractivity (Wildman–Crippen MR) is 81.4 cm³/mol. The minimum absolute atomic E-state index is 0.224. The topological polar surface area (TPSA) is 92.5 Å². The van der Waals surface area contributed by atoms with Gasteiger partial charge in [0.1, 0.15) is 6.04 Å². The highest BCUT2D eigenvalue weighted by Crippen LogP contribution is 2.31. The number of nitrogen functional groups attached to an aromatic ring is 1. The van der Waals surface area contributed by atoms with Gasteiger partial charge in [0.15, 0.2) is 0 Å². The molecule has 1 aliphatic rings. The van der Waals surface area contributed by atoms with Crippen LogP contribution in [0.15, 0.2) is 11.0 Å². The maximum absolute atomic E-state index is 13.0. The molecule has 1 fully saturated rings. The number of hydrogen-bond acceptors (Lipinski definition) is 4. The third kappa shape index (κ3) is 2.51. The number of hydrogen-bond donors (Lipinski definition) is 2.